The summed E-state index contributed by atoms with van der Waals surface area (Å²) in [5.41, 5.74) is 0.112. The van der Waals surface area contributed by atoms with Crippen LogP contribution in [0, 0.1) is 5.41 Å². The number of rotatable bonds is 2. The van der Waals surface area contributed by atoms with E-state index in [1.165, 1.54) is 0 Å². The molecule has 1 aliphatic rings. The van der Waals surface area contributed by atoms with Gasteiger partial charge in [-0.05, 0) is 6.42 Å². The van der Waals surface area contributed by atoms with E-state index in [4.69, 9.17) is 0 Å². The van der Waals surface area contributed by atoms with Crippen LogP contribution in [0.1, 0.15) is 20.3 Å². The topological polar surface area (TPSA) is 29.1 Å². The van der Waals surface area contributed by atoms with Gasteiger partial charge in [0, 0.05) is 18.9 Å². The van der Waals surface area contributed by atoms with Gasteiger partial charge in [-0.2, -0.15) is 0 Å². The third-order valence-electron chi connectivity index (χ3n) is 2.07. The molecular weight excluding hydrogens is 150 g/mol. The summed E-state index contributed by atoms with van der Waals surface area (Å²) in [6.07, 6.45) is 9.34. The van der Waals surface area contributed by atoms with E-state index >= 15 is 0 Å². The fourth-order valence-electron chi connectivity index (χ4n) is 1.23. The molecule has 0 spiro atoms. The normalized spacial score (nSPS) is 27.2. The minimum absolute atomic E-state index is 0.0409. The van der Waals surface area contributed by atoms with E-state index in [0.717, 1.165) is 13.0 Å². The van der Waals surface area contributed by atoms with Crippen LogP contribution < -0.4 is 5.32 Å². The maximum atomic E-state index is 10.7. The lowest BCUT2D eigenvalue weighted by molar-refractivity contribution is -0.119. The van der Waals surface area contributed by atoms with Gasteiger partial charge in [-0.3, -0.25) is 4.79 Å². The standard InChI is InChI=1S/C10H15NO/c1-9(12)11-8-10(2)6-4-3-5-7-10/h3-6H,7-8H2,1-2H3,(H,11,12). The molecule has 66 valence electrons. The van der Waals surface area contributed by atoms with Crippen molar-refractivity contribution in [2.45, 2.75) is 20.3 Å². The van der Waals surface area contributed by atoms with Gasteiger partial charge in [0.25, 0.3) is 0 Å². The van der Waals surface area contributed by atoms with Crippen molar-refractivity contribution in [1.82, 2.24) is 5.32 Å². The zero-order chi connectivity index (χ0) is 9.03. The molecule has 12 heavy (non-hydrogen) atoms. The van der Waals surface area contributed by atoms with Gasteiger partial charge in [0.1, 0.15) is 0 Å². The lowest BCUT2D eigenvalue weighted by atomic mass is 9.84. The molecule has 0 saturated carbocycles. The number of carbonyl (C=O) groups excluding carboxylic acids is 1. The van der Waals surface area contributed by atoms with E-state index in [9.17, 15) is 4.79 Å². The Hall–Kier alpha value is -1.05. The highest BCUT2D eigenvalue weighted by Gasteiger charge is 2.20. The van der Waals surface area contributed by atoms with Crippen LogP contribution in [-0.4, -0.2) is 12.5 Å². The molecule has 0 radical (unpaired) electrons. The molecular formula is C10H15NO. The molecule has 0 fully saturated rings. The largest absolute Gasteiger partial charge is 0.355 e. The van der Waals surface area contributed by atoms with Gasteiger partial charge in [0.15, 0.2) is 0 Å². The Labute approximate surface area is 73.4 Å². The fourth-order valence-corrected chi connectivity index (χ4v) is 1.23. The SMILES string of the molecule is CC(=O)NCC1(C)C=CC=CC1. The quantitative estimate of drug-likeness (QED) is 0.662. The van der Waals surface area contributed by atoms with Gasteiger partial charge < -0.3 is 5.32 Å². The summed E-state index contributed by atoms with van der Waals surface area (Å²) < 4.78 is 0. The average molecular weight is 165 g/mol. The van der Waals surface area contributed by atoms with Gasteiger partial charge in [-0.15, -0.1) is 0 Å². The Morgan fingerprint density at radius 1 is 1.58 bits per heavy atom. The Morgan fingerprint density at radius 3 is 2.83 bits per heavy atom. The third-order valence-corrected chi connectivity index (χ3v) is 2.07. The van der Waals surface area contributed by atoms with Gasteiger partial charge in [0.05, 0.1) is 0 Å². The Kier molecular flexibility index (Phi) is 2.69. The summed E-state index contributed by atoms with van der Waals surface area (Å²) >= 11 is 0. The minimum Gasteiger partial charge on any atom is -0.355 e. The molecule has 0 saturated heterocycles. The first-order chi connectivity index (χ1) is 5.62. The maximum absolute atomic E-state index is 10.7. The van der Waals surface area contributed by atoms with Crippen LogP contribution in [0.25, 0.3) is 0 Å². The van der Waals surface area contributed by atoms with Crippen molar-refractivity contribution in [3.63, 3.8) is 0 Å². The molecule has 1 atom stereocenters. The van der Waals surface area contributed by atoms with Gasteiger partial charge in [-0.1, -0.05) is 31.2 Å². The highest BCUT2D eigenvalue weighted by atomic mass is 16.1. The smallest absolute Gasteiger partial charge is 0.216 e. The van der Waals surface area contributed by atoms with Crippen LogP contribution in [-0.2, 0) is 4.79 Å². The van der Waals surface area contributed by atoms with Crippen LogP contribution in [0.4, 0.5) is 0 Å². The number of carbonyl (C=O) groups is 1. The third kappa shape index (κ3) is 2.53. The summed E-state index contributed by atoms with van der Waals surface area (Å²) in [6.45, 7) is 4.41. The molecule has 1 N–H and O–H groups in total. The fraction of sp³-hybridized carbons (Fsp3) is 0.500. The van der Waals surface area contributed by atoms with E-state index in [0.29, 0.717) is 0 Å². The Morgan fingerprint density at radius 2 is 2.33 bits per heavy atom. The van der Waals surface area contributed by atoms with Crippen LogP contribution in [0.3, 0.4) is 0 Å². The first-order valence-electron chi connectivity index (χ1n) is 4.21. The molecule has 1 rings (SSSR count). The second kappa shape index (κ2) is 3.57. The van der Waals surface area contributed by atoms with Gasteiger partial charge in [0.2, 0.25) is 5.91 Å². The second-order valence-electron chi connectivity index (χ2n) is 3.56. The summed E-state index contributed by atoms with van der Waals surface area (Å²) in [6, 6.07) is 0. The zero-order valence-electron chi connectivity index (χ0n) is 7.63. The Balaban J connectivity index is 2.44. The zero-order valence-corrected chi connectivity index (χ0v) is 7.63. The number of amides is 1. The first-order valence-corrected chi connectivity index (χ1v) is 4.21. The maximum Gasteiger partial charge on any atom is 0.216 e. The van der Waals surface area contributed by atoms with E-state index in [-0.39, 0.29) is 11.3 Å². The predicted molar refractivity (Wildman–Crippen MR) is 49.7 cm³/mol. The molecule has 0 aromatic rings. The van der Waals surface area contributed by atoms with Crippen molar-refractivity contribution in [2.75, 3.05) is 6.54 Å². The van der Waals surface area contributed by atoms with Crippen LogP contribution in [0.5, 0.6) is 0 Å². The van der Waals surface area contributed by atoms with Crippen molar-refractivity contribution in [3.8, 4) is 0 Å². The Bertz CT molecular complexity index is 230. The monoisotopic (exact) mass is 165 g/mol. The highest BCUT2D eigenvalue weighted by molar-refractivity contribution is 5.72. The van der Waals surface area contributed by atoms with Crippen LogP contribution >= 0.6 is 0 Å². The molecule has 0 heterocycles. The second-order valence-corrected chi connectivity index (χ2v) is 3.56. The molecule has 1 unspecified atom stereocenters. The lowest BCUT2D eigenvalue weighted by Gasteiger charge is -2.26. The highest BCUT2D eigenvalue weighted by Crippen LogP contribution is 2.25. The van der Waals surface area contributed by atoms with E-state index in [1.807, 2.05) is 12.2 Å². The molecule has 2 heteroatoms. The van der Waals surface area contributed by atoms with E-state index in [2.05, 4.69) is 24.4 Å². The number of nitrogens with one attached hydrogen (secondary N) is 1. The van der Waals surface area contributed by atoms with Crippen molar-refractivity contribution >= 4 is 5.91 Å². The van der Waals surface area contributed by atoms with Gasteiger partial charge in [-0.25, -0.2) is 0 Å². The average Bonchev–Trinajstić information content (AvgIpc) is 2.03. The van der Waals surface area contributed by atoms with Crippen molar-refractivity contribution < 1.29 is 4.79 Å². The molecule has 0 aromatic carbocycles. The van der Waals surface area contributed by atoms with Crippen molar-refractivity contribution in [3.05, 3.63) is 24.3 Å². The van der Waals surface area contributed by atoms with Crippen LogP contribution in [0.2, 0.25) is 0 Å². The molecule has 2 nitrogen and oxygen atoms in total. The summed E-state index contributed by atoms with van der Waals surface area (Å²) in [5.74, 6) is 0.0409. The molecule has 1 amide bonds. The van der Waals surface area contributed by atoms with Crippen molar-refractivity contribution in [2.24, 2.45) is 5.41 Å². The predicted octanol–water partition coefficient (Wildman–Crippen LogP) is 1.64. The summed E-state index contributed by atoms with van der Waals surface area (Å²) in [5, 5.41) is 2.83. The molecule has 0 aromatic heterocycles. The van der Waals surface area contributed by atoms with E-state index < -0.39 is 0 Å². The molecule has 0 aliphatic heterocycles. The minimum atomic E-state index is 0.0409. The lowest BCUT2D eigenvalue weighted by Crippen LogP contribution is -2.33. The molecule has 0 bridgehead atoms. The summed E-state index contributed by atoms with van der Waals surface area (Å²) in [7, 11) is 0. The summed E-state index contributed by atoms with van der Waals surface area (Å²) in [4.78, 5) is 10.7. The van der Waals surface area contributed by atoms with E-state index in [1.54, 1.807) is 6.92 Å². The number of hydrogen-bond acceptors (Lipinski definition) is 1. The number of hydrogen-bond donors (Lipinski definition) is 1. The molecule has 1 aliphatic carbocycles. The first kappa shape index (κ1) is 9.04. The number of allylic oxidation sites excluding steroid dienone is 3. The van der Waals surface area contributed by atoms with Crippen LogP contribution in [0.15, 0.2) is 24.3 Å². The van der Waals surface area contributed by atoms with Crippen molar-refractivity contribution in [1.29, 1.82) is 0 Å². The van der Waals surface area contributed by atoms with Gasteiger partial charge >= 0.3 is 0 Å².